The predicted molar refractivity (Wildman–Crippen MR) is 128 cm³/mol. The van der Waals surface area contributed by atoms with Crippen LogP contribution in [0.25, 0.3) is 16.6 Å². The first kappa shape index (κ1) is 21.3. The number of thioether (sulfide) groups is 1. The summed E-state index contributed by atoms with van der Waals surface area (Å²) in [6.07, 6.45) is 1.64. The van der Waals surface area contributed by atoms with Crippen molar-refractivity contribution in [3.8, 4) is 0 Å². The third-order valence-corrected chi connectivity index (χ3v) is 6.35. The molecule has 33 heavy (non-hydrogen) atoms. The third-order valence-electron chi connectivity index (χ3n) is 5.06. The van der Waals surface area contributed by atoms with Gasteiger partial charge >= 0.3 is 5.97 Å². The number of carbonyl (C=O) groups is 1. The zero-order valence-corrected chi connectivity index (χ0v) is 18.8. The zero-order chi connectivity index (χ0) is 22.8. The van der Waals surface area contributed by atoms with Crippen molar-refractivity contribution in [3.63, 3.8) is 0 Å². The summed E-state index contributed by atoms with van der Waals surface area (Å²) >= 11 is 7.54. The molecule has 8 heteroatoms. The predicted octanol–water partition coefficient (Wildman–Crippen LogP) is 5.74. The van der Waals surface area contributed by atoms with E-state index < -0.39 is 5.97 Å². The van der Waals surface area contributed by atoms with Crippen molar-refractivity contribution in [2.45, 2.75) is 17.3 Å². The Kier molecular flexibility index (Phi) is 5.90. The average Bonchev–Trinajstić information content (AvgIpc) is 3.21. The summed E-state index contributed by atoms with van der Waals surface area (Å²) in [5, 5.41) is 1.52. The number of esters is 1. The SMILES string of the molecule is O=C(OCc1cc(=O)n2ccccc2n1)c1oc2ccccc2c1CSc1ccc(Cl)cc1. The summed E-state index contributed by atoms with van der Waals surface area (Å²) in [7, 11) is 0. The molecule has 3 aromatic heterocycles. The Labute approximate surface area is 197 Å². The third kappa shape index (κ3) is 4.51. The van der Waals surface area contributed by atoms with E-state index in [2.05, 4.69) is 4.98 Å². The molecule has 5 rings (SSSR count). The zero-order valence-electron chi connectivity index (χ0n) is 17.2. The first-order valence-corrected chi connectivity index (χ1v) is 11.5. The number of aromatic nitrogens is 2. The lowest BCUT2D eigenvalue weighted by atomic mass is 10.1. The van der Waals surface area contributed by atoms with Gasteiger partial charge in [0.25, 0.3) is 5.56 Å². The molecule has 0 bridgehead atoms. The Morgan fingerprint density at radius 2 is 1.85 bits per heavy atom. The molecule has 5 aromatic rings. The van der Waals surface area contributed by atoms with Crippen molar-refractivity contribution in [1.29, 1.82) is 0 Å². The lowest BCUT2D eigenvalue weighted by Gasteiger charge is -2.06. The summed E-state index contributed by atoms with van der Waals surface area (Å²) in [5.41, 5.74) is 1.98. The van der Waals surface area contributed by atoms with Crippen LogP contribution in [-0.2, 0) is 17.1 Å². The molecule has 0 radical (unpaired) electrons. The van der Waals surface area contributed by atoms with Gasteiger partial charge in [-0.3, -0.25) is 9.20 Å². The topological polar surface area (TPSA) is 73.8 Å². The highest BCUT2D eigenvalue weighted by Gasteiger charge is 2.22. The molecule has 0 amide bonds. The number of nitrogens with zero attached hydrogens (tertiary/aromatic N) is 2. The smallest absolute Gasteiger partial charge is 0.374 e. The minimum absolute atomic E-state index is 0.139. The van der Waals surface area contributed by atoms with Gasteiger partial charge in [0.1, 0.15) is 17.8 Å². The van der Waals surface area contributed by atoms with Gasteiger partial charge in [0.05, 0.1) is 5.69 Å². The van der Waals surface area contributed by atoms with Crippen molar-refractivity contribution in [2.75, 3.05) is 0 Å². The van der Waals surface area contributed by atoms with Gasteiger partial charge < -0.3 is 9.15 Å². The number of hydrogen-bond donors (Lipinski definition) is 0. The van der Waals surface area contributed by atoms with E-state index >= 15 is 0 Å². The van der Waals surface area contributed by atoms with Crippen LogP contribution in [0.15, 0.2) is 93.1 Å². The number of hydrogen-bond acceptors (Lipinski definition) is 6. The molecule has 0 saturated heterocycles. The summed E-state index contributed by atoms with van der Waals surface area (Å²) in [4.78, 5) is 30.6. The number of para-hydroxylation sites is 1. The molecule has 2 aromatic carbocycles. The fraction of sp³-hybridized carbons (Fsp3) is 0.0800. The fourth-order valence-corrected chi connectivity index (χ4v) is 4.53. The van der Waals surface area contributed by atoms with E-state index in [9.17, 15) is 9.59 Å². The van der Waals surface area contributed by atoms with Gasteiger partial charge in [0.15, 0.2) is 0 Å². The van der Waals surface area contributed by atoms with E-state index in [0.717, 1.165) is 15.8 Å². The Morgan fingerprint density at radius 1 is 1.06 bits per heavy atom. The second kappa shape index (κ2) is 9.13. The standard InChI is InChI=1S/C25H17ClN2O4S/c26-16-8-10-18(11-9-16)33-15-20-19-5-1-2-6-21(19)32-24(20)25(30)31-14-17-13-23(29)28-12-4-3-7-22(28)27-17/h1-13H,14-15H2. The number of ether oxygens (including phenoxy) is 1. The second-order valence-electron chi connectivity index (χ2n) is 7.24. The van der Waals surface area contributed by atoms with Crippen LogP contribution in [0.1, 0.15) is 21.8 Å². The van der Waals surface area contributed by atoms with E-state index in [1.807, 2.05) is 48.5 Å². The van der Waals surface area contributed by atoms with E-state index in [0.29, 0.717) is 27.7 Å². The molecule has 0 N–H and O–H groups in total. The van der Waals surface area contributed by atoms with Gasteiger partial charge in [-0.25, -0.2) is 9.78 Å². The second-order valence-corrected chi connectivity index (χ2v) is 8.72. The van der Waals surface area contributed by atoms with Crippen LogP contribution in [0.4, 0.5) is 0 Å². The number of fused-ring (bicyclic) bond motifs is 2. The van der Waals surface area contributed by atoms with Gasteiger partial charge in [0.2, 0.25) is 5.76 Å². The number of pyridine rings is 1. The lowest BCUT2D eigenvalue weighted by Crippen LogP contribution is -2.16. The molecule has 0 spiro atoms. The first-order valence-electron chi connectivity index (χ1n) is 10.1. The highest BCUT2D eigenvalue weighted by molar-refractivity contribution is 7.98. The van der Waals surface area contributed by atoms with Crippen LogP contribution in [0.3, 0.4) is 0 Å². The van der Waals surface area contributed by atoms with Crippen LogP contribution in [0, 0.1) is 0 Å². The molecule has 0 aliphatic carbocycles. The molecule has 0 fully saturated rings. The summed E-state index contributed by atoms with van der Waals surface area (Å²) in [5.74, 6) is 0.0571. The quantitative estimate of drug-likeness (QED) is 0.230. The average molecular weight is 477 g/mol. The fourth-order valence-electron chi connectivity index (χ4n) is 3.48. The molecule has 0 atom stereocenters. The van der Waals surface area contributed by atoms with Gasteiger partial charge in [-0.1, -0.05) is 35.9 Å². The first-order chi connectivity index (χ1) is 16.1. The summed E-state index contributed by atoms with van der Waals surface area (Å²) < 4.78 is 12.8. The van der Waals surface area contributed by atoms with Crippen molar-refractivity contribution >= 4 is 45.9 Å². The van der Waals surface area contributed by atoms with Crippen LogP contribution in [-0.4, -0.2) is 15.4 Å². The minimum Gasteiger partial charge on any atom is -0.453 e. The van der Waals surface area contributed by atoms with Crippen LogP contribution >= 0.6 is 23.4 Å². The van der Waals surface area contributed by atoms with Gasteiger partial charge in [-0.2, -0.15) is 0 Å². The van der Waals surface area contributed by atoms with Crippen LogP contribution in [0.2, 0.25) is 5.02 Å². The highest BCUT2D eigenvalue weighted by Crippen LogP contribution is 2.33. The Bertz CT molecular complexity index is 1530. The van der Waals surface area contributed by atoms with Crippen LogP contribution in [0.5, 0.6) is 0 Å². The van der Waals surface area contributed by atoms with Crippen LogP contribution < -0.4 is 5.56 Å². The van der Waals surface area contributed by atoms with Gasteiger partial charge in [-0.15, -0.1) is 11.8 Å². The maximum Gasteiger partial charge on any atom is 0.374 e. The van der Waals surface area contributed by atoms with Crippen molar-refractivity contribution in [3.05, 3.63) is 111 Å². The number of carbonyl (C=O) groups excluding carboxylic acids is 1. The van der Waals surface area contributed by atoms with E-state index in [1.165, 1.54) is 10.5 Å². The number of halogens is 1. The molecule has 6 nitrogen and oxygen atoms in total. The largest absolute Gasteiger partial charge is 0.453 e. The molecule has 0 aliphatic heterocycles. The Morgan fingerprint density at radius 3 is 2.70 bits per heavy atom. The molecule has 0 unspecified atom stereocenters. The van der Waals surface area contributed by atoms with E-state index in [-0.39, 0.29) is 17.9 Å². The summed E-state index contributed by atoms with van der Waals surface area (Å²) in [6.45, 7) is -0.139. The normalized spacial score (nSPS) is 11.2. The van der Waals surface area contributed by atoms with E-state index in [4.69, 9.17) is 20.8 Å². The molecule has 0 saturated carbocycles. The molecular formula is C25H17ClN2O4S. The van der Waals surface area contributed by atoms with Gasteiger partial charge in [-0.05, 0) is 42.5 Å². The van der Waals surface area contributed by atoms with Crippen molar-refractivity contribution in [2.24, 2.45) is 0 Å². The number of benzene rings is 2. The minimum atomic E-state index is -0.604. The van der Waals surface area contributed by atoms with E-state index in [1.54, 1.807) is 36.2 Å². The van der Waals surface area contributed by atoms with Crippen molar-refractivity contribution < 1.29 is 13.9 Å². The lowest BCUT2D eigenvalue weighted by molar-refractivity contribution is 0.0432. The molecule has 3 heterocycles. The molecule has 164 valence electrons. The highest BCUT2D eigenvalue weighted by atomic mass is 35.5. The Hall–Kier alpha value is -3.55. The maximum atomic E-state index is 13.0. The van der Waals surface area contributed by atoms with Crippen molar-refractivity contribution in [1.82, 2.24) is 9.38 Å². The van der Waals surface area contributed by atoms with Gasteiger partial charge in [0, 0.05) is 38.9 Å². The summed E-state index contributed by atoms with van der Waals surface area (Å²) in [6, 6.07) is 21.6. The molecular weight excluding hydrogens is 460 g/mol. The number of rotatable bonds is 6. The molecule has 0 aliphatic rings. The number of furan rings is 1. The maximum absolute atomic E-state index is 13.0. The Balaban J connectivity index is 1.39. The monoisotopic (exact) mass is 476 g/mol.